The Kier molecular flexibility index (Phi) is 4.92. The number of aliphatic hydroxyl groups is 1. The van der Waals surface area contributed by atoms with Crippen molar-refractivity contribution in [3.63, 3.8) is 0 Å². The van der Waals surface area contributed by atoms with E-state index in [4.69, 9.17) is 5.11 Å². The fraction of sp³-hybridized carbons (Fsp3) is 0.571. The molecule has 0 fully saturated rings. The van der Waals surface area contributed by atoms with Gasteiger partial charge < -0.3 is 10.4 Å². The molecule has 62 valence electrons. The lowest BCUT2D eigenvalue weighted by Gasteiger charge is -2.13. The highest BCUT2D eigenvalue weighted by Gasteiger charge is 2.09. The highest BCUT2D eigenvalue weighted by Crippen LogP contribution is 1.89. The maximum Gasteiger partial charge on any atom is 0.297 e. The van der Waals surface area contributed by atoms with Gasteiger partial charge in [0.15, 0.2) is 0 Å². The van der Waals surface area contributed by atoms with Gasteiger partial charge >= 0.3 is 0 Å². The van der Waals surface area contributed by atoms with Gasteiger partial charge in [-0.15, -0.1) is 0 Å². The predicted octanol–water partition coefficient (Wildman–Crippen LogP) is 0.228. The van der Waals surface area contributed by atoms with Crippen LogP contribution in [0.4, 0.5) is 0 Å². The topological polar surface area (TPSA) is 49.3 Å². The Morgan fingerprint density at radius 1 is 1.64 bits per heavy atom. The molecule has 1 amide bonds. The first-order valence-electron chi connectivity index (χ1n) is 3.18. The summed E-state index contributed by atoms with van der Waals surface area (Å²) in [6, 6.07) is -0.268. The number of nitrogens with one attached hydrogen (secondary N) is 1. The van der Waals surface area contributed by atoms with Crippen LogP contribution in [-0.4, -0.2) is 23.2 Å². The molecule has 0 saturated carbocycles. The van der Waals surface area contributed by atoms with Gasteiger partial charge in [0.05, 0.1) is 12.1 Å². The van der Waals surface area contributed by atoms with Gasteiger partial charge in [0.25, 0.3) is 5.91 Å². The van der Waals surface area contributed by atoms with Gasteiger partial charge in [0.2, 0.25) is 0 Å². The smallest absolute Gasteiger partial charge is 0.297 e. The van der Waals surface area contributed by atoms with Crippen LogP contribution in [-0.2, 0) is 4.79 Å². The van der Waals surface area contributed by atoms with E-state index in [0.29, 0.717) is 0 Å². The molecule has 0 aliphatic carbocycles. The van der Waals surface area contributed by atoms with Gasteiger partial charge in [0.1, 0.15) is 0 Å². The summed E-state index contributed by atoms with van der Waals surface area (Å²) in [5.41, 5.74) is 0. The number of hydrogen-bond acceptors (Lipinski definition) is 2. The molecule has 2 atom stereocenters. The Bertz CT molecular complexity index is 192. The van der Waals surface area contributed by atoms with Crippen molar-refractivity contribution in [3.05, 3.63) is 0 Å². The number of carbonyl (C=O) groups is 1. The summed E-state index contributed by atoms with van der Waals surface area (Å²) in [5.74, 6) is 1.84. The maximum atomic E-state index is 10.7. The van der Waals surface area contributed by atoms with E-state index in [1.54, 1.807) is 13.8 Å². The lowest BCUT2D eigenvalue weighted by molar-refractivity contribution is -0.116. The lowest BCUT2D eigenvalue weighted by Crippen LogP contribution is -2.38. The van der Waals surface area contributed by atoms with Crippen molar-refractivity contribution in [1.29, 1.82) is 0 Å². The molecule has 0 aromatic rings. The van der Waals surface area contributed by atoms with Crippen molar-refractivity contribution in [2.75, 3.05) is 0 Å². The predicted molar refractivity (Wildman–Crippen MR) is 46.0 cm³/mol. The summed E-state index contributed by atoms with van der Waals surface area (Å²) in [6.07, 6.45) is -0.559. The molecular weight excluding hydrogens is 210 g/mol. The minimum absolute atomic E-state index is 0.268. The first-order chi connectivity index (χ1) is 5.07. The first-order valence-corrected chi connectivity index (χ1v) is 3.97. The Morgan fingerprint density at radius 2 is 2.18 bits per heavy atom. The van der Waals surface area contributed by atoms with Crippen LogP contribution in [0.2, 0.25) is 0 Å². The highest BCUT2D eigenvalue weighted by molar-refractivity contribution is 9.12. The molecule has 0 aromatic carbocycles. The summed E-state index contributed by atoms with van der Waals surface area (Å²) in [6.45, 7) is 3.31. The molecule has 0 bridgehead atoms. The van der Waals surface area contributed by atoms with Crippen LogP contribution in [0.5, 0.6) is 0 Å². The Hall–Kier alpha value is -0.530. The van der Waals surface area contributed by atoms with Gasteiger partial charge in [-0.05, 0) is 18.7 Å². The Labute approximate surface area is 74.3 Å². The summed E-state index contributed by atoms with van der Waals surface area (Å²) >= 11 is 2.79. The van der Waals surface area contributed by atoms with Crippen molar-refractivity contribution in [1.82, 2.24) is 5.32 Å². The van der Waals surface area contributed by atoms with E-state index in [-0.39, 0.29) is 6.04 Å². The lowest BCUT2D eigenvalue weighted by atomic mass is 10.2. The fourth-order valence-corrected chi connectivity index (χ4v) is 0.586. The molecule has 4 heteroatoms. The average molecular weight is 220 g/mol. The molecule has 0 heterocycles. The van der Waals surface area contributed by atoms with E-state index in [0.717, 1.165) is 0 Å². The second kappa shape index (κ2) is 5.16. The summed E-state index contributed by atoms with van der Waals surface area (Å²) in [5, 5.41) is 11.5. The molecular formula is C7H10BrNO2. The third-order valence-corrected chi connectivity index (χ3v) is 1.44. The molecule has 0 radical (unpaired) electrons. The quantitative estimate of drug-likeness (QED) is 0.654. The Balaban J connectivity index is 3.82. The minimum Gasteiger partial charge on any atom is -0.391 e. The van der Waals surface area contributed by atoms with Crippen LogP contribution in [0.3, 0.4) is 0 Å². The van der Waals surface area contributed by atoms with Gasteiger partial charge in [-0.3, -0.25) is 4.79 Å². The molecule has 0 rings (SSSR count). The molecule has 0 saturated heterocycles. The zero-order chi connectivity index (χ0) is 8.85. The average Bonchev–Trinajstić information content (AvgIpc) is 1.87. The highest BCUT2D eigenvalue weighted by atomic mass is 79.9. The van der Waals surface area contributed by atoms with E-state index in [2.05, 4.69) is 32.0 Å². The normalized spacial score (nSPS) is 14.2. The Morgan fingerprint density at radius 3 is 2.55 bits per heavy atom. The van der Waals surface area contributed by atoms with E-state index in [1.165, 1.54) is 0 Å². The molecule has 2 N–H and O–H groups in total. The van der Waals surface area contributed by atoms with Crippen molar-refractivity contribution in [2.24, 2.45) is 0 Å². The van der Waals surface area contributed by atoms with Gasteiger partial charge in [0, 0.05) is 21.9 Å². The molecule has 0 aromatic heterocycles. The monoisotopic (exact) mass is 219 g/mol. The third kappa shape index (κ3) is 4.82. The van der Waals surface area contributed by atoms with Crippen LogP contribution in [0, 0.1) is 10.8 Å². The minimum atomic E-state index is -0.559. The van der Waals surface area contributed by atoms with Crippen LogP contribution >= 0.6 is 15.9 Å². The van der Waals surface area contributed by atoms with Crippen LogP contribution in [0.15, 0.2) is 0 Å². The summed E-state index contributed by atoms with van der Waals surface area (Å²) in [7, 11) is 0. The van der Waals surface area contributed by atoms with Crippen molar-refractivity contribution < 1.29 is 9.90 Å². The standard InChI is InChI=1S/C7H10BrNO2/c1-5(6(2)10)9-7(11)3-4-8/h5-6,10H,1-2H3,(H,9,11). The van der Waals surface area contributed by atoms with Crippen molar-refractivity contribution in [3.8, 4) is 10.8 Å². The zero-order valence-corrected chi connectivity index (χ0v) is 7.97. The number of carbonyl (C=O) groups excluding carboxylic acids is 1. The third-order valence-electron chi connectivity index (χ3n) is 1.24. The summed E-state index contributed by atoms with van der Waals surface area (Å²) in [4.78, 5) is 13.0. The number of amides is 1. The maximum absolute atomic E-state index is 10.7. The number of rotatable bonds is 2. The molecule has 3 nitrogen and oxygen atoms in total. The van der Waals surface area contributed by atoms with Crippen molar-refractivity contribution in [2.45, 2.75) is 26.0 Å². The second-order valence-electron chi connectivity index (χ2n) is 2.22. The van der Waals surface area contributed by atoms with Crippen LogP contribution in [0.1, 0.15) is 13.8 Å². The summed E-state index contributed by atoms with van der Waals surface area (Å²) < 4.78 is 0. The van der Waals surface area contributed by atoms with Gasteiger partial charge in [-0.1, -0.05) is 0 Å². The van der Waals surface area contributed by atoms with E-state index < -0.39 is 12.0 Å². The largest absolute Gasteiger partial charge is 0.391 e. The molecule has 0 spiro atoms. The molecule has 11 heavy (non-hydrogen) atoms. The number of aliphatic hydroxyl groups excluding tert-OH is 1. The van der Waals surface area contributed by atoms with Crippen LogP contribution in [0.25, 0.3) is 0 Å². The number of hydrogen-bond donors (Lipinski definition) is 2. The SMILES string of the molecule is CC(O)C(C)NC(=O)C#CBr. The number of halogens is 1. The first kappa shape index (κ1) is 10.5. The van der Waals surface area contributed by atoms with Gasteiger partial charge in [-0.2, -0.15) is 0 Å². The van der Waals surface area contributed by atoms with E-state index in [1.807, 2.05) is 0 Å². The van der Waals surface area contributed by atoms with E-state index >= 15 is 0 Å². The molecule has 2 unspecified atom stereocenters. The van der Waals surface area contributed by atoms with Crippen LogP contribution < -0.4 is 5.32 Å². The van der Waals surface area contributed by atoms with Gasteiger partial charge in [-0.25, -0.2) is 0 Å². The fourth-order valence-electron chi connectivity index (χ4n) is 0.406. The van der Waals surface area contributed by atoms with Crippen molar-refractivity contribution >= 4 is 21.8 Å². The second-order valence-corrected chi connectivity index (χ2v) is 2.62. The zero-order valence-electron chi connectivity index (χ0n) is 6.39. The molecule has 0 aliphatic rings. The molecule has 0 aliphatic heterocycles. The van der Waals surface area contributed by atoms with E-state index in [9.17, 15) is 4.79 Å².